The largest absolute Gasteiger partial charge is 0.342 e. The molecular formula is C20H23N5O. The van der Waals surface area contributed by atoms with E-state index in [9.17, 15) is 4.79 Å². The third-order valence-corrected chi connectivity index (χ3v) is 5.16. The minimum absolute atomic E-state index is 0.0134. The number of aromatic amines is 1. The molecule has 0 saturated carbocycles. The van der Waals surface area contributed by atoms with Crippen molar-refractivity contribution in [2.75, 3.05) is 13.1 Å². The van der Waals surface area contributed by atoms with Crippen molar-refractivity contribution >= 4 is 16.9 Å². The normalized spacial score (nSPS) is 17.7. The zero-order valence-electron chi connectivity index (χ0n) is 15.4. The number of benzene rings is 1. The predicted molar refractivity (Wildman–Crippen MR) is 100 cm³/mol. The van der Waals surface area contributed by atoms with E-state index in [4.69, 9.17) is 4.98 Å². The number of hydrogen-bond acceptors (Lipinski definition) is 4. The highest BCUT2D eigenvalue weighted by atomic mass is 16.2. The molecule has 1 amide bonds. The Morgan fingerprint density at radius 1 is 1.23 bits per heavy atom. The maximum Gasteiger partial charge on any atom is 0.257 e. The Kier molecular flexibility index (Phi) is 4.18. The smallest absolute Gasteiger partial charge is 0.257 e. The molecule has 1 aliphatic rings. The lowest BCUT2D eigenvalue weighted by Crippen LogP contribution is -2.39. The first-order chi connectivity index (χ1) is 12.5. The van der Waals surface area contributed by atoms with Gasteiger partial charge in [-0.1, -0.05) is 12.1 Å². The summed E-state index contributed by atoms with van der Waals surface area (Å²) in [5.74, 6) is 1.91. The van der Waals surface area contributed by atoms with Crippen LogP contribution in [0.5, 0.6) is 0 Å². The summed E-state index contributed by atoms with van der Waals surface area (Å²) in [6.45, 7) is 7.21. The van der Waals surface area contributed by atoms with Gasteiger partial charge in [-0.05, 0) is 45.2 Å². The molecule has 26 heavy (non-hydrogen) atoms. The minimum Gasteiger partial charge on any atom is -0.342 e. The van der Waals surface area contributed by atoms with Crippen molar-refractivity contribution in [2.24, 2.45) is 0 Å². The summed E-state index contributed by atoms with van der Waals surface area (Å²) in [4.78, 5) is 31.6. The van der Waals surface area contributed by atoms with Gasteiger partial charge >= 0.3 is 0 Å². The molecule has 1 aromatic carbocycles. The molecular weight excluding hydrogens is 326 g/mol. The number of rotatable bonds is 2. The van der Waals surface area contributed by atoms with Gasteiger partial charge in [0.2, 0.25) is 0 Å². The zero-order chi connectivity index (χ0) is 18.3. The van der Waals surface area contributed by atoms with E-state index in [2.05, 4.69) is 34.0 Å². The average Bonchev–Trinajstić information content (AvgIpc) is 3.07. The molecule has 0 bridgehead atoms. The van der Waals surface area contributed by atoms with Crippen LogP contribution >= 0.6 is 0 Å². The van der Waals surface area contributed by atoms with E-state index in [1.807, 2.05) is 24.8 Å². The Morgan fingerprint density at radius 2 is 2.08 bits per heavy atom. The lowest BCUT2D eigenvalue weighted by molar-refractivity contribution is 0.0703. The van der Waals surface area contributed by atoms with Crippen molar-refractivity contribution in [2.45, 2.75) is 39.5 Å². The third-order valence-electron chi connectivity index (χ3n) is 5.16. The van der Waals surface area contributed by atoms with E-state index >= 15 is 0 Å². The van der Waals surface area contributed by atoms with Gasteiger partial charge in [0.05, 0.1) is 22.3 Å². The first-order valence-electron chi connectivity index (χ1n) is 9.07. The maximum absolute atomic E-state index is 13.0. The molecule has 4 rings (SSSR count). The highest BCUT2D eigenvalue weighted by molar-refractivity contribution is 5.95. The number of nitrogens with zero attached hydrogens (tertiary/aromatic N) is 4. The number of amides is 1. The average molecular weight is 349 g/mol. The van der Waals surface area contributed by atoms with Crippen LogP contribution in [0.1, 0.15) is 52.0 Å². The van der Waals surface area contributed by atoms with Crippen LogP contribution in [0.15, 0.2) is 24.4 Å². The van der Waals surface area contributed by atoms with Crippen molar-refractivity contribution in [1.29, 1.82) is 0 Å². The second-order valence-corrected chi connectivity index (χ2v) is 7.10. The molecule has 3 heterocycles. The van der Waals surface area contributed by atoms with Crippen molar-refractivity contribution in [3.8, 4) is 0 Å². The van der Waals surface area contributed by atoms with Crippen LogP contribution in [0, 0.1) is 20.8 Å². The Labute approximate surface area is 152 Å². The van der Waals surface area contributed by atoms with E-state index in [-0.39, 0.29) is 11.8 Å². The van der Waals surface area contributed by atoms with E-state index < -0.39 is 0 Å². The number of hydrogen-bond donors (Lipinski definition) is 1. The first kappa shape index (κ1) is 16.7. The van der Waals surface area contributed by atoms with Crippen LogP contribution in [0.3, 0.4) is 0 Å². The highest BCUT2D eigenvalue weighted by Crippen LogP contribution is 2.28. The fourth-order valence-electron chi connectivity index (χ4n) is 3.74. The standard InChI is InChI=1S/C20H23N5O/c1-12-6-4-8-17-18(12)24-19(23-17)15-7-5-9-25(11-15)20(26)16-10-21-14(3)22-13(16)2/h4,6,8,10,15H,5,7,9,11H2,1-3H3,(H,23,24)/t15-/m1/s1. The number of fused-ring (bicyclic) bond motifs is 1. The quantitative estimate of drug-likeness (QED) is 0.770. The number of imidazole rings is 1. The summed E-state index contributed by atoms with van der Waals surface area (Å²) >= 11 is 0. The number of aryl methyl sites for hydroxylation is 3. The number of piperidine rings is 1. The second kappa shape index (κ2) is 6.52. The maximum atomic E-state index is 13.0. The van der Waals surface area contributed by atoms with Gasteiger partial charge in [0.25, 0.3) is 5.91 Å². The van der Waals surface area contributed by atoms with Gasteiger partial charge in [0.1, 0.15) is 11.6 Å². The van der Waals surface area contributed by atoms with E-state index in [1.165, 1.54) is 5.56 Å². The summed E-state index contributed by atoms with van der Waals surface area (Å²) in [6.07, 6.45) is 3.65. The topological polar surface area (TPSA) is 74.8 Å². The molecule has 1 N–H and O–H groups in total. The van der Waals surface area contributed by atoms with Gasteiger partial charge in [-0.2, -0.15) is 0 Å². The van der Waals surface area contributed by atoms with Crippen LogP contribution in [0.2, 0.25) is 0 Å². The monoisotopic (exact) mass is 349 g/mol. The lowest BCUT2D eigenvalue weighted by atomic mass is 9.96. The number of carbonyl (C=O) groups is 1. The molecule has 0 aliphatic carbocycles. The molecule has 1 aliphatic heterocycles. The molecule has 1 fully saturated rings. The van der Waals surface area contributed by atoms with Crippen molar-refractivity contribution in [1.82, 2.24) is 24.8 Å². The Bertz CT molecular complexity index is 977. The molecule has 2 aromatic heterocycles. The van der Waals surface area contributed by atoms with Crippen LogP contribution in [-0.4, -0.2) is 43.8 Å². The van der Waals surface area contributed by atoms with Gasteiger partial charge in [0.15, 0.2) is 0 Å². The number of likely N-dealkylation sites (tertiary alicyclic amines) is 1. The summed E-state index contributed by atoms with van der Waals surface area (Å²) in [7, 11) is 0. The molecule has 1 saturated heterocycles. The Balaban J connectivity index is 1.58. The number of nitrogens with one attached hydrogen (secondary N) is 1. The number of H-pyrrole nitrogens is 1. The molecule has 1 atom stereocenters. The van der Waals surface area contributed by atoms with E-state index in [0.717, 1.165) is 41.9 Å². The van der Waals surface area contributed by atoms with E-state index in [1.54, 1.807) is 6.20 Å². The number of para-hydroxylation sites is 1. The fourth-order valence-corrected chi connectivity index (χ4v) is 3.74. The molecule has 6 nitrogen and oxygen atoms in total. The highest BCUT2D eigenvalue weighted by Gasteiger charge is 2.28. The zero-order valence-corrected chi connectivity index (χ0v) is 15.4. The molecule has 3 aromatic rings. The molecule has 6 heteroatoms. The third kappa shape index (κ3) is 2.96. The van der Waals surface area contributed by atoms with Gasteiger partial charge in [-0.3, -0.25) is 4.79 Å². The van der Waals surface area contributed by atoms with Gasteiger partial charge in [-0.15, -0.1) is 0 Å². The van der Waals surface area contributed by atoms with Gasteiger partial charge < -0.3 is 9.88 Å². The molecule has 0 spiro atoms. The van der Waals surface area contributed by atoms with Crippen LogP contribution in [-0.2, 0) is 0 Å². The predicted octanol–water partition coefficient (Wildman–Crippen LogP) is 3.30. The van der Waals surface area contributed by atoms with E-state index in [0.29, 0.717) is 17.9 Å². The fraction of sp³-hybridized carbons (Fsp3) is 0.400. The summed E-state index contributed by atoms with van der Waals surface area (Å²) in [5, 5.41) is 0. The van der Waals surface area contributed by atoms with Gasteiger partial charge in [-0.25, -0.2) is 15.0 Å². The number of aromatic nitrogens is 4. The Morgan fingerprint density at radius 3 is 2.85 bits per heavy atom. The van der Waals surface area contributed by atoms with Crippen molar-refractivity contribution in [3.05, 3.63) is 52.9 Å². The summed E-state index contributed by atoms with van der Waals surface area (Å²) in [5.41, 5.74) is 4.59. The lowest BCUT2D eigenvalue weighted by Gasteiger charge is -2.32. The summed E-state index contributed by atoms with van der Waals surface area (Å²) in [6, 6.07) is 6.16. The van der Waals surface area contributed by atoms with Crippen molar-refractivity contribution < 1.29 is 4.79 Å². The van der Waals surface area contributed by atoms with Crippen LogP contribution in [0.4, 0.5) is 0 Å². The second-order valence-electron chi connectivity index (χ2n) is 7.10. The minimum atomic E-state index is 0.0134. The van der Waals surface area contributed by atoms with Crippen LogP contribution in [0.25, 0.3) is 11.0 Å². The first-order valence-corrected chi connectivity index (χ1v) is 9.07. The molecule has 0 unspecified atom stereocenters. The number of carbonyl (C=O) groups excluding carboxylic acids is 1. The SMILES string of the molecule is Cc1ncc(C(=O)N2CCC[C@@H](c3nc4c(C)cccc4[nH]3)C2)c(C)n1. The Hall–Kier alpha value is -2.76. The molecule has 0 radical (unpaired) electrons. The summed E-state index contributed by atoms with van der Waals surface area (Å²) < 4.78 is 0. The van der Waals surface area contributed by atoms with Crippen molar-refractivity contribution in [3.63, 3.8) is 0 Å². The molecule has 134 valence electrons. The van der Waals surface area contributed by atoms with Gasteiger partial charge in [0, 0.05) is 25.2 Å². The van der Waals surface area contributed by atoms with Crippen LogP contribution < -0.4 is 0 Å².